The zero-order chi connectivity index (χ0) is 12.4. The number of hydrogen-bond donors (Lipinski definition) is 0. The van der Waals surface area contributed by atoms with Gasteiger partial charge in [-0.1, -0.05) is 42.3 Å². The third-order valence-corrected chi connectivity index (χ3v) is 4.80. The van der Waals surface area contributed by atoms with E-state index < -0.39 is 0 Å². The van der Waals surface area contributed by atoms with Gasteiger partial charge in [0.05, 0.1) is 10.0 Å². The van der Waals surface area contributed by atoms with E-state index in [1.807, 2.05) is 18.2 Å². The standard InChI is InChI=1S/C13H16Cl3N/c1-9-5-6-17(8-12(9)15)7-10-3-2-4-11(14)13(10)16/h2-4,9,12H,5-8H2,1H3. The van der Waals surface area contributed by atoms with Crippen molar-refractivity contribution in [2.45, 2.75) is 25.3 Å². The van der Waals surface area contributed by atoms with Crippen molar-refractivity contribution in [3.63, 3.8) is 0 Å². The van der Waals surface area contributed by atoms with Crippen LogP contribution in [0.1, 0.15) is 18.9 Å². The van der Waals surface area contributed by atoms with Crippen LogP contribution in [0.25, 0.3) is 0 Å². The summed E-state index contributed by atoms with van der Waals surface area (Å²) in [4.78, 5) is 2.34. The molecule has 2 unspecified atom stereocenters. The van der Waals surface area contributed by atoms with Gasteiger partial charge in [0.2, 0.25) is 0 Å². The van der Waals surface area contributed by atoms with Crippen LogP contribution in [0.3, 0.4) is 0 Å². The topological polar surface area (TPSA) is 3.24 Å². The molecule has 2 rings (SSSR count). The van der Waals surface area contributed by atoms with E-state index in [-0.39, 0.29) is 5.38 Å². The molecule has 0 saturated carbocycles. The van der Waals surface area contributed by atoms with Gasteiger partial charge < -0.3 is 0 Å². The summed E-state index contributed by atoms with van der Waals surface area (Å²) in [5.41, 5.74) is 1.08. The van der Waals surface area contributed by atoms with Crippen LogP contribution in [-0.4, -0.2) is 23.4 Å². The predicted molar refractivity (Wildman–Crippen MR) is 75.2 cm³/mol. The highest BCUT2D eigenvalue weighted by molar-refractivity contribution is 6.42. The molecule has 1 aromatic rings. The van der Waals surface area contributed by atoms with Crippen molar-refractivity contribution in [2.75, 3.05) is 13.1 Å². The molecule has 17 heavy (non-hydrogen) atoms. The Morgan fingerprint density at radius 3 is 2.82 bits per heavy atom. The maximum absolute atomic E-state index is 6.30. The number of likely N-dealkylation sites (tertiary alicyclic amines) is 1. The lowest BCUT2D eigenvalue weighted by molar-refractivity contribution is 0.189. The minimum Gasteiger partial charge on any atom is -0.298 e. The van der Waals surface area contributed by atoms with E-state index in [4.69, 9.17) is 34.8 Å². The first-order valence-corrected chi connectivity index (χ1v) is 7.06. The van der Waals surface area contributed by atoms with Gasteiger partial charge in [-0.3, -0.25) is 4.90 Å². The Hall–Kier alpha value is 0.0500. The Balaban J connectivity index is 2.04. The molecule has 2 atom stereocenters. The third-order valence-electron chi connectivity index (χ3n) is 3.38. The summed E-state index contributed by atoms with van der Waals surface area (Å²) in [6.45, 7) is 5.04. The zero-order valence-electron chi connectivity index (χ0n) is 9.80. The van der Waals surface area contributed by atoms with Crippen molar-refractivity contribution in [2.24, 2.45) is 5.92 Å². The SMILES string of the molecule is CC1CCN(Cc2cccc(Cl)c2Cl)CC1Cl. The molecule has 4 heteroatoms. The zero-order valence-corrected chi connectivity index (χ0v) is 12.1. The molecule has 1 heterocycles. The fraction of sp³-hybridized carbons (Fsp3) is 0.538. The van der Waals surface area contributed by atoms with Crippen molar-refractivity contribution in [3.8, 4) is 0 Å². The summed E-state index contributed by atoms with van der Waals surface area (Å²) >= 11 is 18.5. The molecule has 1 nitrogen and oxygen atoms in total. The molecule has 1 fully saturated rings. The maximum Gasteiger partial charge on any atom is 0.0637 e. The number of piperidine rings is 1. The average Bonchev–Trinajstić information content (AvgIpc) is 2.30. The summed E-state index contributed by atoms with van der Waals surface area (Å²) in [5.74, 6) is 0.600. The Labute approximate surface area is 118 Å². The van der Waals surface area contributed by atoms with Crippen LogP contribution in [0.15, 0.2) is 18.2 Å². The molecular weight excluding hydrogens is 277 g/mol. The molecule has 1 aromatic carbocycles. The quantitative estimate of drug-likeness (QED) is 0.728. The molecule has 1 aliphatic rings. The summed E-state index contributed by atoms with van der Waals surface area (Å²) in [5, 5.41) is 1.53. The highest BCUT2D eigenvalue weighted by Crippen LogP contribution is 2.28. The third kappa shape index (κ3) is 3.29. The molecule has 0 aromatic heterocycles. The summed E-state index contributed by atoms with van der Waals surface area (Å²) < 4.78 is 0. The molecule has 1 aliphatic heterocycles. The van der Waals surface area contributed by atoms with Gasteiger partial charge in [-0.05, 0) is 30.5 Å². The van der Waals surface area contributed by atoms with Crippen molar-refractivity contribution in [1.82, 2.24) is 4.90 Å². The summed E-state index contributed by atoms with van der Waals surface area (Å²) in [7, 11) is 0. The monoisotopic (exact) mass is 291 g/mol. The van der Waals surface area contributed by atoms with Crippen molar-refractivity contribution in [3.05, 3.63) is 33.8 Å². The molecule has 0 amide bonds. The van der Waals surface area contributed by atoms with E-state index >= 15 is 0 Å². The van der Waals surface area contributed by atoms with E-state index in [0.29, 0.717) is 16.0 Å². The van der Waals surface area contributed by atoms with E-state index in [2.05, 4.69) is 11.8 Å². The lowest BCUT2D eigenvalue weighted by Gasteiger charge is -2.34. The molecule has 0 N–H and O–H groups in total. The second-order valence-corrected chi connectivity index (χ2v) is 6.08. The van der Waals surface area contributed by atoms with Gasteiger partial charge in [-0.25, -0.2) is 0 Å². The number of benzene rings is 1. The molecule has 0 aliphatic carbocycles. The molecule has 0 spiro atoms. The van der Waals surface area contributed by atoms with Crippen molar-refractivity contribution in [1.29, 1.82) is 0 Å². The Morgan fingerprint density at radius 1 is 1.35 bits per heavy atom. The van der Waals surface area contributed by atoms with E-state index in [1.54, 1.807) is 0 Å². The van der Waals surface area contributed by atoms with Gasteiger partial charge in [0.15, 0.2) is 0 Å². The highest BCUT2D eigenvalue weighted by atomic mass is 35.5. The van der Waals surface area contributed by atoms with E-state index in [1.165, 1.54) is 0 Å². The Bertz CT molecular complexity index is 394. The van der Waals surface area contributed by atoms with Gasteiger partial charge in [0, 0.05) is 18.5 Å². The first-order valence-electron chi connectivity index (χ1n) is 5.87. The predicted octanol–water partition coefficient (Wildman–Crippen LogP) is 4.44. The van der Waals surface area contributed by atoms with Crippen LogP contribution in [0.2, 0.25) is 10.0 Å². The second-order valence-electron chi connectivity index (χ2n) is 4.73. The normalized spacial score (nSPS) is 26.1. The first-order chi connectivity index (χ1) is 8.08. The minimum atomic E-state index is 0.238. The van der Waals surface area contributed by atoms with Gasteiger partial charge in [0.1, 0.15) is 0 Å². The van der Waals surface area contributed by atoms with Gasteiger partial charge in [-0.2, -0.15) is 0 Å². The van der Waals surface area contributed by atoms with Crippen LogP contribution in [0.5, 0.6) is 0 Å². The second kappa shape index (κ2) is 5.79. The number of hydrogen-bond acceptors (Lipinski definition) is 1. The number of rotatable bonds is 2. The summed E-state index contributed by atoms with van der Waals surface area (Å²) in [6, 6.07) is 5.78. The molecule has 0 radical (unpaired) electrons. The van der Waals surface area contributed by atoms with E-state index in [9.17, 15) is 0 Å². The van der Waals surface area contributed by atoms with Gasteiger partial charge >= 0.3 is 0 Å². The fourth-order valence-electron chi connectivity index (χ4n) is 2.14. The largest absolute Gasteiger partial charge is 0.298 e. The van der Waals surface area contributed by atoms with Crippen LogP contribution in [0.4, 0.5) is 0 Å². The molecule has 1 saturated heterocycles. The van der Waals surface area contributed by atoms with Crippen LogP contribution in [-0.2, 0) is 6.54 Å². The maximum atomic E-state index is 6.30. The Kier molecular flexibility index (Phi) is 4.59. The molecule has 94 valence electrons. The van der Waals surface area contributed by atoms with Crippen LogP contribution >= 0.6 is 34.8 Å². The highest BCUT2D eigenvalue weighted by Gasteiger charge is 2.24. The van der Waals surface area contributed by atoms with E-state index in [0.717, 1.165) is 31.6 Å². The number of nitrogens with zero attached hydrogens (tertiary/aromatic N) is 1. The van der Waals surface area contributed by atoms with Crippen molar-refractivity contribution < 1.29 is 0 Å². The number of halogens is 3. The average molecular weight is 293 g/mol. The first kappa shape index (κ1) is 13.5. The summed E-state index contributed by atoms with van der Waals surface area (Å²) in [6.07, 6.45) is 1.15. The van der Waals surface area contributed by atoms with Gasteiger partial charge in [-0.15, -0.1) is 11.6 Å². The van der Waals surface area contributed by atoms with Gasteiger partial charge in [0.25, 0.3) is 0 Å². The Morgan fingerprint density at radius 2 is 2.12 bits per heavy atom. The van der Waals surface area contributed by atoms with Crippen LogP contribution in [0, 0.1) is 5.92 Å². The lowest BCUT2D eigenvalue weighted by atomic mass is 9.98. The minimum absolute atomic E-state index is 0.238. The smallest absolute Gasteiger partial charge is 0.0637 e. The fourth-order valence-corrected chi connectivity index (χ4v) is 2.84. The number of alkyl halides is 1. The molecular formula is C13H16Cl3N. The van der Waals surface area contributed by atoms with Crippen LogP contribution < -0.4 is 0 Å². The van der Waals surface area contributed by atoms with Crippen molar-refractivity contribution >= 4 is 34.8 Å². The lowest BCUT2D eigenvalue weighted by Crippen LogP contribution is -2.39. The molecule has 0 bridgehead atoms.